The molecule has 0 aliphatic carbocycles. The number of hydrogen-bond donors (Lipinski definition) is 1. The molecule has 0 spiro atoms. The summed E-state index contributed by atoms with van der Waals surface area (Å²) in [6.07, 6.45) is 1.12. The van der Waals surface area contributed by atoms with E-state index in [9.17, 15) is 0 Å². The Kier molecular flexibility index (Phi) is 2.51. The van der Waals surface area contributed by atoms with E-state index < -0.39 is 0 Å². The van der Waals surface area contributed by atoms with Gasteiger partial charge in [0.1, 0.15) is 5.84 Å². The predicted molar refractivity (Wildman–Crippen MR) is 58.2 cm³/mol. The summed E-state index contributed by atoms with van der Waals surface area (Å²) in [4.78, 5) is 2.41. The maximum atomic E-state index is 4.54. The molecule has 3 nitrogen and oxygen atoms in total. The van der Waals surface area contributed by atoms with E-state index in [4.69, 9.17) is 0 Å². The van der Waals surface area contributed by atoms with Crippen molar-refractivity contribution in [3.05, 3.63) is 0 Å². The largest absolute Gasteiger partial charge is 0.357 e. The summed E-state index contributed by atoms with van der Waals surface area (Å²) in [5.74, 6) is 1.30. The summed E-state index contributed by atoms with van der Waals surface area (Å²) in [5, 5.41) is 3.36. The molecule has 0 bridgehead atoms. The van der Waals surface area contributed by atoms with Gasteiger partial charge in [-0.15, -0.1) is 0 Å². The molecule has 1 N–H and O–H groups in total. The minimum Gasteiger partial charge on any atom is -0.357 e. The molecule has 0 aromatic heterocycles. The number of nitrogens with zero attached hydrogens (tertiary/aromatic N) is 2. The second-order valence-electron chi connectivity index (χ2n) is 4.27. The number of piperazine rings is 1. The predicted octanol–water partition coefficient (Wildman–Crippen LogP) is 1.12. The van der Waals surface area contributed by atoms with Crippen LogP contribution in [0.5, 0.6) is 0 Å². The van der Waals surface area contributed by atoms with Crippen LogP contribution in [0.25, 0.3) is 0 Å². The molecule has 2 aliphatic heterocycles. The highest BCUT2D eigenvalue weighted by atomic mass is 32.2. The summed E-state index contributed by atoms with van der Waals surface area (Å²) in [6.45, 7) is 8.96. The van der Waals surface area contributed by atoms with E-state index in [1.54, 1.807) is 11.9 Å². The van der Waals surface area contributed by atoms with Gasteiger partial charge in [-0.05, 0) is 25.8 Å². The molecule has 0 atom stereocenters. The first kappa shape index (κ1) is 9.34. The van der Waals surface area contributed by atoms with Crippen LogP contribution >= 0.6 is 11.9 Å². The van der Waals surface area contributed by atoms with Crippen LogP contribution in [0.15, 0.2) is 4.40 Å². The molecular weight excluding hydrogens is 182 g/mol. The van der Waals surface area contributed by atoms with Crippen LogP contribution in [-0.4, -0.2) is 41.7 Å². The van der Waals surface area contributed by atoms with E-state index in [0.717, 1.165) is 32.6 Å². The molecule has 1 fully saturated rings. The van der Waals surface area contributed by atoms with E-state index in [2.05, 4.69) is 28.5 Å². The van der Waals surface area contributed by atoms with Gasteiger partial charge in [-0.3, -0.25) is 0 Å². The number of hydrogen-bond acceptors (Lipinski definition) is 4. The average Bonchev–Trinajstić information content (AvgIpc) is 2.48. The van der Waals surface area contributed by atoms with Crippen LogP contribution in [0.1, 0.15) is 20.3 Å². The molecule has 0 amide bonds. The van der Waals surface area contributed by atoms with Crippen LogP contribution in [0, 0.1) is 0 Å². The van der Waals surface area contributed by atoms with Crippen molar-refractivity contribution in [2.75, 3.05) is 26.2 Å². The zero-order valence-electron chi connectivity index (χ0n) is 8.34. The highest BCUT2D eigenvalue weighted by molar-refractivity contribution is 7.99. The van der Waals surface area contributed by atoms with Crippen molar-refractivity contribution < 1.29 is 0 Å². The Morgan fingerprint density at radius 2 is 2.08 bits per heavy atom. The Hall–Kier alpha value is -0.220. The lowest BCUT2D eigenvalue weighted by atomic mass is 10.1. The van der Waals surface area contributed by atoms with Crippen molar-refractivity contribution in [3.63, 3.8) is 0 Å². The molecule has 13 heavy (non-hydrogen) atoms. The van der Waals surface area contributed by atoms with E-state index in [-0.39, 0.29) is 0 Å². The number of amidine groups is 1. The molecule has 2 rings (SSSR count). The van der Waals surface area contributed by atoms with Gasteiger partial charge in [0, 0.05) is 37.3 Å². The zero-order chi connectivity index (χ0) is 9.31. The third-order valence-corrected chi connectivity index (χ3v) is 3.40. The molecule has 4 heteroatoms. The highest BCUT2D eigenvalue weighted by Crippen LogP contribution is 2.36. The maximum absolute atomic E-state index is 4.54. The molecule has 2 heterocycles. The normalized spacial score (nSPS) is 27.5. The Balaban J connectivity index is 1.94. The lowest BCUT2D eigenvalue weighted by Gasteiger charge is -2.29. The molecule has 0 aromatic rings. The first-order valence-corrected chi connectivity index (χ1v) is 5.65. The van der Waals surface area contributed by atoms with E-state index in [1.807, 2.05) is 0 Å². The zero-order valence-corrected chi connectivity index (χ0v) is 9.15. The summed E-state index contributed by atoms with van der Waals surface area (Å²) < 4.78 is 4.86. The molecule has 0 saturated carbocycles. The quantitative estimate of drug-likeness (QED) is 0.592. The minimum atomic E-state index is 0.320. The van der Waals surface area contributed by atoms with Crippen molar-refractivity contribution >= 4 is 17.8 Å². The fourth-order valence-electron chi connectivity index (χ4n) is 1.71. The fraction of sp³-hybridized carbons (Fsp3) is 0.889. The monoisotopic (exact) mass is 199 g/mol. The molecule has 74 valence electrons. The molecule has 2 aliphatic rings. The third-order valence-electron chi connectivity index (χ3n) is 2.46. The van der Waals surface area contributed by atoms with Crippen molar-refractivity contribution in [2.24, 2.45) is 4.40 Å². The SMILES string of the molecule is CC1(C)CC(N2CCNCC2)=NS1. The summed E-state index contributed by atoms with van der Waals surface area (Å²) in [6, 6.07) is 0. The first-order valence-electron chi connectivity index (χ1n) is 4.88. The van der Waals surface area contributed by atoms with Gasteiger partial charge >= 0.3 is 0 Å². The Bertz CT molecular complexity index is 219. The van der Waals surface area contributed by atoms with Crippen molar-refractivity contribution in [1.82, 2.24) is 10.2 Å². The average molecular weight is 199 g/mol. The molecule has 0 radical (unpaired) electrons. The highest BCUT2D eigenvalue weighted by Gasteiger charge is 2.30. The van der Waals surface area contributed by atoms with Crippen LogP contribution in [0.4, 0.5) is 0 Å². The summed E-state index contributed by atoms with van der Waals surface area (Å²) in [5.41, 5.74) is 0. The van der Waals surface area contributed by atoms with Crippen LogP contribution in [-0.2, 0) is 0 Å². The maximum Gasteiger partial charge on any atom is 0.114 e. The third kappa shape index (κ3) is 2.17. The topological polar surface area (TPSA) is 27.6 Å². The van der Waals surface area contributed by atoms with Gasteiger partial charge in [-0.1, -0.05) is 0 Å². The Labute approximate surface area is 84.1 Å². The molecule has 1 saturated heterocycles. The van der Waals surface area contributed by atoms with Gasteiger partial charge in [-0.2, -0.15) is 0 Å². The number of rotatable bonds is 0. The molecule has 0 unspecified atom stereocenters. The van der Waals surface area contributed by atoms with Crippen LogP contribution in [0.2, 0.25) is 0 Å². The van der Waals surface area contributed by atoms with Gasteiger partial charge in [0.25, 0.3) is 0 Å². The molecular formula is C9H17N3S. The second-order valence-corrected chi connectivity index (χ2v) is 5.74. The van der Waals surface area contributed by atoms with Crippen molar-refractivity contribution in [2.45, 2.75) is 25.0 Å². The van der Waals surface area contributed by atoms with Crippen molar-refractivity contribution in [3.8, 4) is 0 Å². The van der Waals surface area contributed by atoms with Gasteiger partial charge in [0.05, 0.1) is 0 Å². The lowest BCUT2D eigenvalue weighted by molar-refractivity contribution is 0.351. The van der Waals surface area contributed by atoms with E-state index >= 15 is 0 Å². The van der Waals surface area contributed by atoms with Crippen LogP contribution in [0.3, 0.4) is 0 Å². The molecule has 0 aromatic carbocycles. The van der Waals surface area contributed by atoms with E-state index in [1.165, 1.54) is 5.84 Å². The Morgan fingerprint density at radius 1 is 1.38 bits per heavy atom. The minimum absolute atomic E-state index is 0.320. The Morgan fingerprint density at radius 3 is 2.62 bits per heavy atom. The number of nitrogens with one attached hydrogen (secondary N) is 1. The fourth-order valence-corrected chi connectivity index (χ4v) is 2.44. The first-order chi connectivity index (χ1) is 6.17. The van der Waals surface area contributed by atoms with Gasteiger partial charge < -0.3 is 10.2 Å². The van der Waals surface area contributed by atoms with E-state index in [0.29, 0.717) is 4.75 Å². The van der Waals surface area contributed by atoms with Crippen molar-refractivity contribution in [1.29, 1.82) is 0 Å². The van der Waals surface area contributed by atoms with Gasteiger partial charge in [0.15, 0.2) is 0 Å². The van der Waals surface area contributed by atoms with Crippen LogP contribution < -0.4 is 5.32 Å². The smallest absolute Gasteiger partial charge is 0.114 e. The van der Waals surface area contributed by atoms with Gasteiger partial charge in [-0.25, -0.2) is 4.40 Å². The van der Waals surface area contributed by atoms with Gasteiger partial charge in [0.2, 0.25) is 0 Å². The lowest BCUT2D eigenvalue weighted by Crippen LogP contribution is -2.46. The summed E-state index contributed by atoms with van der Waals surface area (Å²) >= 11 is 1.73. The second kappa shape index (κ2) is 3.50. The standard InChI is InChI=1S/C9H17N3S/c1-9(2)7-8(11-13-9)12-5-3-10-4-6-12/h10H,3-7H2,1-2H3. The summed E-state index contributed by atoms with van der Waals surface area (Å²) in [7, 11) is 0.